The van der Waals surface area contributed by atoms with Crippen LogP contribution < -0.4 is 10.6 Å². The van der Waals surface area contributed by atoms with Crippen LogP contribution in [0.1, 0.15) is 30.9 Å². The molecule has 0 aromatic heterocycles. The quantitative estimate of drug-likeness (QED) is 0.832. The minimum absolute atomic E-state index is 0.308. The number of rotatable bonds is 6. The highest BCUT2D eigenvalue weighted by Gasteiger charge is 2.29. The lowest BCUT2D eigenvalue weighted by molar-refractivity contribution is -0.137. The zero-order valence-corrected chi connectivity index (χ0v) is 10.9. The van der Waals surface area contributed by atoms with Gasteiger partial charge in [0.05, 0.1) is 5.56 Å². The van der Waals surface area contributed by atoms with E-state index in [2.05, 4.69) is 17.6 Å². The van der Waals surface area contributed by atoms with Crippen LogP contribution in [0.3, 0.4) is 0 Å². The lowest BCUT2D eigenvalue weighted by atomic mass is 10.1. The van der Waals surface area contributed by atoms with Crippen LogP contribution in [-0.2, 0) is 12.7 Å². The fourth-order valence-corrected chi connectivity index (χ4v) is 1.81. The molecule has 0 saturated heterocycles. The summed E-state index contributed by atoms with van der Waals surface area (Å²) < 4.78 is 37.2. The van der Waals surface area contributed by atoms with Crippen molar-refractivity contribution < 1.29 is 13.2 Å². The topological polar surface area (TPSA) is 24.1 Å². The number of hydrogen-bond donors (Lipinski definition) is 2. The fourth-order valence-electron chi connectivity index (χ4n) is 1.81. The third kappa shape index (κ3) is 4.84. The molecule has 1 saturated carbocycles. The molecule has 2 rings (SSSR count). The van der Waals surface area contributed by atoms with Gasteiger partial charge in [-0.25, -0.2) is 0 Å². The van der Waals surface area contributed by atoms with E-state index in [-0.39, 0.29) is 0 Å². The molecule has 0 aliphatic heterocycles. The Balaban J connectivity index is 1.75. The largest absolute Gasteiger partial charge is 0.416 e. The SMILES string of the molecule is CC(CNC1CC1)NCc1ccc(C(F)(F)F)cc1. The summed E-state index contributed by atoms with van der Waals surface area (Å²) >= 11 is 0. The van der Waals surface area contributed by atoms with E-state index < -0.39 is 11.7 Å². The molecule has 0 spiro atoms. The maximum atomic E-state index is 12.4. The van der Waals surface area contributed by atoms with Gasteiger partial charge in [0.2, 0.25) is 0 Å². The molecule has 1 atom stereocenters. The van der Waals surface area contributed by atoms with Gasteiger partial charge in [0.1, 0.15) is 0 Å². The highest BCUT2D eigenvalue weighted by molar-refractivity contribution is 5.24. The van der Waals surface area contributed by atoms with Gasteiger partial charge in [0, 0.05) is 25.2 Å². The highest BCUT2D eigenvalue weighted by Crippen LogP contribution is 2.29. The third-order valence-electron chi connectivity index (χ3n) is 3.23. The van der Waals surface area contributed by atoms with Crippen molar-refractivity contribution in [3.8, 4) is 0 Å². The second-order valence-corrected chi connectivity index (χ2v) is 5.16. The maximum Gasteiger partial charge on any atom is 0.416 e. The van der Waals surface area contributed by atoms with Gasteiger partial charge < -0.3 is 10.6 Å². The molecule has 1 aromatic carbocycles. The van der Waals surface area contributed by atoms with E-state index in [9.17, 15) is 13.2 Å². The van der Waals surface area contributed by atoms with Crippen LogP contribution in [0.4, 0.5) is 13.2 Å². The molecule has 19 heavy (non-hydrogen) atoms. The van der Waals surface area contributed by atoms with Gasteiger partial charge in [0.15, 0.2) is 0 Å². The zero-order chi connectivity index (χ0) is 13.9. The lowest BCUT2D eigenvalue weighted by Gasteiger charge is -2.15. The molecule has 0 radical (unpaired) electrons. The number of benzene rings is 1. The number of halogens is 3. The Morgan fingerprint density at radius 1 is 1.21 bits per heavy atom. The first-order valence-corrected chi connectivity index (χ1v) is 6.58. The summed E-state index contributed by atoms with van der Waals surface area (Å²) in [6, 6.07) is 6.29. The van der Waals surface area contributed by atoms with Crippen molar-refractivity contribution in [2.24, 2.45) is 0 Å². The van der Waals surface area contributed by atoms with Crippen LogP contribution in [0, 0.1) is 0 Å². The molecule has 5 heteroatoms. The molecule has 1 aromatic rings. The Labute approximate surface area is 111 Å². The van der Waals surface area contributed by atoms with E-state index in [0.29, 0.717) is 18.6 Å². The van der Waals surface area contributed by atoms with Gasteiger partial charge in [0.25, 0.3) is 0 Å². The number of hydrogen-bond acceptors (Lipinski definition) is 2. The summed E-state index contributed by atoms with van der Waals surface area (Å²) in [6.45, 7) is 3.55. The zero-order valence-electron chi connectivity index (χ0n) is 10.9. The van der Waals surface area contributed by atoms with Gasteiger partial charge in [-0.2, -0.15) is 13.2 Å². The normalized spacial score (nSPS) is 17.5. The number of alkyl halides is 3. The average molecular weight is 272 g/mol. The molecule has 2 nitrogen and oxygen atoms in total. The molecule has 0 amide bonds. The smallest absolute Gasteiger partial charge is 0.312 e. The lowest BCUT2D eigenvalue weighted by Crippen LogP contribution is -2.36. The van der Waals surface area contributed by atoms with Crippen molar-refractivity contribution >= 4 is 0 Å². The van der Waals surface area contributed by atoms with Crippen molar-refractivity contribution in [3.63, 3.8) is 0 Å². The molecule has 106 valence electrons. The predicted molar refractivity (Wildman–Crippen MR) is 68.8 cm³/mol. The first-order chi connectivity index (χ1) is 8.95. The predicted octanol–water partition coefficient (Wildman–Crippen LogP) is 2.94. The van der Waals surface area contributed by atoms with E-state index in [1.54, 1.807) is 0 Å². The van der Waals surface area contributed by atoms with E-state index in [0.717, 1.165) is 24.2 Å². The second-order valence-electron chi connectivity index (χ2n) is 5.16. The Bertz CT molecular complexity index is 396. The fraction of sp³-hybridized carbons (Fsp3) is 0.571. The average Bonchev–Trinajstić information content (AvgIpc) is 3.17. The summed E-state index contributed by atoms with van der Waals surface area (Å²) in [7, 11) is 0. The van der Waals surface area contributed by atoms with Crippen molar-refractivity contribution in [3.05, 3.63) is 35.4 Å². The van der Waals surface area contributed by atoms with E-state index in [4.69, 9.17) is 0 Å². The van der Waals surface area contributed by atoms with Crippen LogP contribution in [0.5, 0.6) is 0 Å². The van der Waals surface area contributed by atoms with Crippen LogP contribution in [0.15, 0.2) is 24.3 Å². The molecule has 1 aliphatic rings. The first-order valence-electron chi connectivity index (χ1n) is 6.58. The Morgan fingerprint density at radius 2 is 1.84 bits per heavy atom. The van der Waals surface area contributed by atoms with Crippen LogP contribution in [-0.4, -0.2) is 18.6 Å². The third-order valence-corrected chi connectivity index (χ3v) is 3.23. The van der Waals surface area contributed by atoms with Crippen molar-refractivity contribution in [2.75, 3.05) is 6.54 Å². The summed E-state index contributed by atoms with van der Waals surface area (Å²) in [5, 5.41) is 6.71. The van der Waals surface area contributed by atoms with Gasteiger partial charge in [-0.05, 0) is 37.5 Å². The molecular weight excluding hydrogens is 253 g/mol. The minimum atomic E-state index is -4.26. The van der Waals surface area contributed by atoms with Crippen molar-refractivity contribution in [1.29, 1.82) is 0 Å². The Morgan fingerprint density at radius 3 is 2.37 bits per heavy atom. The van der Waals surface area contributed by atoms with Crippen molar-refractivity contribution in [1.82, 2.24) is 10.6 Å². The van der Waals surface area contributed by atoms with E-state index in [1.165, 1.54) is 25.0 Å². The summed E-state index contributed by atoms with van der Waals surface area (Å²) in [5.41, 5.74) is 0.269. The van der Waals surface area contributed by atoms with E-state index in [1.807, 2.05) is 0 Å². The first kappa shape index (κ1) is 14.3. The minimum Gasteiger partial charge on any atom is -0.312 e. The highest BCUT2D eigenvalue weighted by atomic mass is 19.4. The van der Waals surface area contributed by atoms with Crippen LogP contribution >= 0.6 is 0 Å². The molecule has 0 heterocycles. The van der Waals surface area contributed by atoms with Gasteiger partial charge in [-0.1, -0.05) is 12.1 Å². The van der Waals surface area contributed by atoms with E-state index >= 15 is 0 Å². The molecule has 1 aliphatic carbocycles. The second kappa shape index (κ2) is 5.92. The summed E-state index contributed by atoms with van der Waals surface area (Å²) in [5.74, 6) is 0. The number of nitrogens with one attached hydrogen (secondary N) is 2. The van der Waals surface area contributed by atoms with Crippen LogP contribution in [0.25, 0.3) is 0 Å². The molecule has 0 bridgehead atoms. The van der Waals surface area contributed by atoms with Gasteiger partial charge in [-0.3, -0.25) is 0 Å². The Kier molecular flexibility index (Phi) is 4.47. The summed E-state index contributed by atoms with van der Waals surface area (Å²) in [6.07, 6.45) is -1.75. The monoisotopic (exact) mass is 272 g/mol. The Hall–Kier alpha value is -1.07. The van der Waals surface area contributed by atoms with Crippen molar-refractivity contribution in [2.45, 2.75) is 44.6 Å². The molecular formula is C14H19F3N2. The summed E-state index contributed by atoms with van der Waals surface area (Å²) in [4.78, 5) is 0. The molecule has 1 unspecified atom stereocenters. The molecule has 1 fully saturated rings. The van der Waals surface area contributed by atoms with Gasteiger partial charge in [-0.15, -0.1) is 0 Å². The maximum absolute atomic E-state index is 12.4. The van der Waals surface area contributed by atoms with Gasteiger partial charge >= 0.3 is 6.18 Å². The standard InChI is InChI=1S/C14H19F3N2/c1-10(8-19-13-6-7-13)18-9-11-2-4-12(5-3-11)14(15,16)17/h2-5,10,13,18-19H,6-9H2,1H3. The molecule has 2 N–H and O–H groups in total. The van der Waals surface area contributed by atoms with Crippen LogP contribution in [0.2, 0.25) is 0 Å².